The van der Waals surface area contributed by atoms with Crippen LogP contribution in [0.2, 0.25) is 0 Å². The number of methoxy groups -OCH3 is 1. The summed E-state index contributed by atoms with van der Waals surface area (Å²) in [5.41, 5.74) is 0.394. The molecule has 1 amide bonds. The zero-order valence-electron chi connectivity index (χ0n) is 11.5. The molecule has 6 nitrogen and oxygen atoms in total. The Bertz CT molecular complexity index is 679. The lowest BCUT2D eigenvalue weighted by molar-refractivity contribution is 0.0935. The monoisotopic (exact) mass is 275 g/mol. The summed E-state index contributed by atoms with van der Waals surface area (Å²) < 4.78 is 6.37. The first-order valence-corrected chi connectivity index (χ1v) is 6.44. The number of ether oxygens (including phenoxy) is 1. The van der Waals surface area contributed by atoms with E-state index in [9.17, 15) is 9.59 Å². The summed E-state index contributed by atoms with van der Waals surface area (Å²) in [5.74, 6) is -0.389. The van der Waals surface area contributed by atoms with E-state index in [2.05, 4.69) is 10.3 Å². The zero-order chi connectivity index (χ0) is 14.5. The molecule has 0 unspecified atom stereocenters. The fraction of sp³-hybridized carbons (Fsp3) is 0.357. The largest absolute Gasteiger partial charge is 0.383 e. The normalized spacial score (nSPS) is 10.7. The highest BCUT2D eigenvalue weighted by molar-refractivity contribution is 5.96. The van der Waals surface area contributed by atoms with Crippen LogP contribution in [0, 0.1) is 0 Å². The molecule has 2 rings (SSSR count). The molecule has 106 valence electrons. The lowest BCUT2D eigenvalue weighted by Crippen LogP contribution is -2.34. The number of hydrogen-bond donors (Lipinski definition) is 1. The van der Waals surface area contributed by atoms with Crippen molar-refractivity contribution >= 4 is 16.9 Å². The average Bonchev–Trinajstić information content (AvgIpc) is 2.47. The fourth-order valence-electron chi connectivity index (χ4n) is 2.02. The smallest absolute Gasteiger partial charge is 0.265 e. The molecule has 0 aliphatic heterocycles. The number of hydrogen-bond acceptors (Lipinski definition) is 4. The molecule has 2 aromatic rings. The summed E-state index contributed by atoms with van der Waals surface area (Å²) in [7, 11) is 1.55. The second-order valence-electron chi connectivity index (χ2n) is 4.27. The predicted molar refractivity (Wildman–Crippen MR) is 75.9 cm³/mol. The SMILES string of the molecule is CCn1c(=O)c(C(=O)NCCOC)cc2cccnc21. The van der Waals surface area contributed by atoms with Gasteiger partial charge in [-0.2, -0.15) is 0 Å². The summed E-state index contributed by atoms with van der Waals surface area (Å²) in [6, 6.07) is 5.19. The molecule has 0 aliphatic carbocycles. The quantitative estimate of drug-likeness (QED) is 0.819. The third-order valence-electron chi connectivity index (χ3n) is 3.00. The highest BCUT2D eigenvalue weighted by Gasteiger charge is 2.14. The minimum absolute atomic E-state index is 0.128. The molecular formula is C14H17N3O3. The van der Waals surface area contributed by atoms with Crippen LogP contribution in [0.15, 0.2) is 29.2 Å². The number of nitrogens with one attached hydrogen (secondary N) is 1. The topological polar surface area (TPSA) is 73.2 Å². The molecule has 2 aromatic heterocycles. The molecule has 0 fully saturated rings. The predicted octanol–water partition coefficient (Wildman–Crippen LogP) is 0.793. The standard InChI is InChI=1S/C14H17N3O3/c1-3-17-12-10(5-4-6-15-12)9-11(14(17)19)13(18)16-7-8-20-2/h4-6,9H,3,7-8H2,1-2H3,(H,16,18). The number of aromatic nitrogens is 2. The van der Waals surface area contributed by atoms with Crippen LogP contribution in [0.5, 0.6) is 0 Å². The lowest BCUT2D eigenvalue weighted by Gasteiger charge is -2.10. The Balaban J connectivity index is 2.46. The molecule has 0 atom stereocenters. The molecule has 20 heavy (non-hydrogen) atoms. The van der Waals surface area contributed by atoms with Crippen molar-refractivity contribution in [1.82, 2.24) is 14.9 Å². The van der Waals surface area contributed by atoms with Gasteiger partial charge in [-0.25, -0.2) is 4.98 Å². The van der Waals surface area contributed by atoms with Crippen LogP contribution < -0.4 is 10.9 Å². The van der Waals surface area contributed by atoms with Crippen LogP contribution in [0.25, 0.3) is 11.0 Å². The highest BCUT2D eigenvalue weighted by Crippen LogP contribution is 2.10. The van der Waals surface area contributed by atoms with Gasteiger partial charge in [0.25, 0.3) is 11.5 Å². The molecule has 0 saturated heterocycles. The third-order valence-corrected chi connectivity index (χ3v) is 3.00. The maximum absolute atomic E-state index is 12.3. The number of amides is 1. The van der Waals surface area contributed by atoms with Crippen molar-refractivity contribution in [1.29, 1.82) is 0 Å². The van der Waals surface area contributed by atoms with E-state index in [4.69, 9.17) is 4.74 Å². The van der Waals surface area contributed by atoms with Gasteiger partial charge in [0, 0.05) is 31.8 Å². The van der Waals surface area contributed by atoms with Gasteiger partial charge in [-0.3, -0.25) is 14.2 Å². The van der Waals surface area contributed by atoms with E-state index in [1.165, 1.54) is 4.57 Å². The van der Waals surface area contributed by atoms with Crippen LogP contribution in [-0.2, 0) is 11.3 Å². The van der Waals surface area contributed by atoms with E-state index in [-0.39, 0.29) is 17.0 Å². The molecule has 1 N–H and O–H groups in total. The summed E-state index contributed by atoms with van der Waals surface area (Å²) in [4.78, 5) is 28.6. The van der Waals surface area contributed by atoms with Gasteiger partial charge >= 0.3 is 0 Å². The number of nitrogens with zero attached hydrogens (tertiary/aromatic N) is 2. The summed E-state index contributed by atoms with van der Waals surface area (Å²) in [5, 5.41) is 3.43. The van der Waals surface area contributed by atoms with E-state index >= 15 is 0 Å². The van der Waals surface area contributed by atoms with Crippen molar-refractivity contribution < 1.29 is 9.53 Å². The van der Waals surface area contributed by atoms with Gasteiger partial charge in [0.2, 0.25) is 0 Å². The number of pyridine rings is 2. The van der Waals surface area contributed by atoms with Crippen LogP contribution >= 0.6 is 0 Å². The Morgan fingerprint density at radius 3 is 3.00 bits per heavy atom. The first-order chi connectivity index (χ1) is 9.69. The van der Waals surface area contributed by atoms with Gasteiger partial charge in [-0.05, 0) is 25.1 Å². The third kappa shape index (κ3) is 2.70. The number of aryl methyl sites for hydroxylation is 1. The Kier molecular flexibility index (Phi) is 4.47. The van der Waals surface area contributed by atoms with Crippen molar-refractivity contribution in [2.75, 3.05) is 20.3 Å². The van der Waals surface area contributed by atoms with Crippen molar-refractivity contribution in [3.63, 3.8) is 0 Å². The van der Waals surface area contributed by atoms with Gasteiger partial charge in [0.05, 0.1) is 6.61 Å². The maximum Gasteiger partial charge on any atom is 0.265 e. The van der Waals surface area contributed by atoms with Gasteiger partial charge in [-0.15, -0.1) is 0 Å². The Morgan fingerprint density at radius 2 is 2.30 bits per heavy atom. The van der Waals surface area contributed by atoms with Crippen molar-refractivity contribution in [2.45, 2.75) is 13.5 Å². The van der Waals surface area contributed by atoms with Gasteiger partial charge < -0.3 is 10.1 Å². The molecule has 0 spiro atoms. The van der Waals surface area contributed by atoms with Crippen molar-refractivity contribution in [3.05, 3.63) is 40.3 Å². The molecule has 0 bridgehead atoms. The number of fused-ring (bicyclic) bond motifs is 1. The van der Waals surface area contributed by atoms with Gasteiger partial charge in [0.1, 0.15) is 11.2 Å². The van der Waals surface area contributed by atoms with Crippen LogP contribution in [0.1, 0.15) is 17.3 Å². The van der Waals surface area contributed by atoms with Gasteiger partial charge in [0.15, 0.2) is 0 Å². The van der Waals surface area contributed by atoms with E-state index in [1.807, 2.05) is 13.0 Å². The van der Waals surface area contributed by atoms with Crippen LogP contribution in [-0.4, -0.2) is 35.7 Å². The second-order valence-corrected chi connectivity index (χ2v) is 4.27. The highest BCUT2D eigenvalue weighted by atomic mass is 16.5. The molecule has 6 heteroatoms. The molecule has 2 heterocycles. The first kappa shape index (κ1) is 14.2. The molecule has 0 aliphatic rings. The molecule has 0 radical (unpaired) electrons. The van der Waals surface area contributed by atoms with E-state index in [1.54, 1.807) is 25.4 Å². The Hall–Kier alpha value is -2.21. The van der Waals surface area contributed by atoms with E-state index in [0.717, 1.165) is 5.39 Å². The zero-order valence-corrected chi connectivity index (χ0v) is 11.5. The fourth-order valence-corrected chi connectivity index (χ4v) is 2.02. The average molecular weight is 275 g/mol. The number of rotatable bonds is 5. The minimum Gasteiger partial charge on any atom is -0.383 e. The van der Waals surface area contributed by atoms with E-state index < -0.39 is 0 Å². The Morgan fingerprint density at radius 1 is 1.50 bits per heavy atom. The number of carbonyl (C=O) groups is 1. The summed E-state index contributed by atoms with van der Waals surface area (Å²) in [6.45, 7) is 3.09. The van der Waals surface area contributed by atoms with Crippen LogP contribution in [0.4, 0.5) is 0 Å². The minimum atomic E-state index is -0.389. The molecule has 0 aromatic carbocycles. The maximum atomic E-state index is 12.3. The van der Waals surface area contributed by atoms with Crippen LogP contribution in [0.3, 0.4) is 0 Å². The van der Waals surface area contributed by atoms with Crippen molar-refractivity contribution in [2.24, 2.45) is 0 Å². The molecular weight excluding hydrogens is 258 g/mol. The summed E-state index contributed by atoms with van der Waals surface area (Å²) >= 11 is 0. The van der Waals surface area contributed by atoms with Crippen molar-refractivity contribution in [3.8, 4) is 0 Å². The first-order valence-electron chi connectivity index (χ1n) is 6.44. The summed E-state index contributed by atoms with van der Waals surface area (Å²) in [6.07, 6.45) is 1.63. The van der Waals surface area contributed by atoms with Gasteiger partial charge in [-0.1, -0.05) is 0 Å². The Labute approximate surface area is 116 Å². The lowest BCUT2D eigenvalue weighted by atomic mass is 10.2. The molecule has 0 saturated carbocycles. The van der Waals surface area contributed by atoms with E-state index in [0.29, 0.717) is 25.3 Å². The number of carbonyl (C=O) groups excluding carboxylic acids is 1. The second kappa shape index (κ2) is 6.29.